The summed E-state index contributed by atoms with van der Waals surface area (Å²) in [4.78, 5) is 22.2. The molecule has 1 aromatic carbocycles. The van der Waals surface area contributed by atoms with Crippen LogP contribution in [0, 0.1) is 11.3 Å². The Balaban J connectivity index is 1.67. The van der Waals surface area contributed by atoms with Crippen molar-refractivity contribution in [2.24, 2.45) is 0 Å². The van der Waals surface area contributed by atoms with E-state index >= 15 is 0 Å². The molecule has 3 rings (SSSR count). The minimum absolute atomic E-state index is 0.0922. The first kappa shape index (κ1) is 17.1. The standard InChI is InChI=1S/C20H17N5O/c1-25(20(26)16-8-11-22-12-9-16)18-6-4-15(5-7-18)14-24-19-17(13-21)3-2-10-23-19/h2-12H,14H2,1H3,(H,23,24). The fraction of sp³-hybridized carbons (Fsp3) is 0.100. The van der Waals surface area contributed by atoms with Crippen LogP contribution in [0.5, 0.6) is 0 Å². The van der Waals surface area contributed by atoms with Gasteiger partial charge in [0.2, 0.25) is 0 Å². The van der Waals surface area contributed by atoms with Gasteiger partial charge in [-0.25, -0.2) is 4.98 Å². The third-order valence-electron chi connectivity index (χ3n) is 3.94. The molecule has 1 N–H and O–H groups in total. The number of carbonyl (C=O) groups excluding carboxylic acids is 1. The van der Waals surface area contributed by atoms with Crippen LogP contribution in [-0.2, 0) is 6.54 Å². The fourth-order valence-corrected chi connectivity index (χ4v) is 2.46. The molecule has 26 heavy (non-hydrogen) atoms. The molecule has 2 aromatic heterocycles. The average molecular weight is 343 g/mol. The summed E-state index contributed by atoms with van der Waals surface area (Å²) in [6.07, 6.45) is 4.85. The number of anilines is 2. The number of amides is 1. The third-order valence-corrected chi connectivity index (χ3v) is 3.94. The highest BCUT2D eigenvalue weighted by atomic mass is 16.2. The molecule has 6 heteroatoms. The van der Waals surface area contributed by atoms with Gasteiger partial charge < -0.3 is 10.2 Å². The Morgan fingerprint density at radius 1 is 1.12 bits per heavy atom. The number of aromatic nitrogens is 2. The lowest BCUT2D eigenvalue weighted by atomic mass is 10.1. The second-order valence-corrected chi connectivity index (χ2v) is 5.63. The second kappa shape index (κ2) is 7.90. The van der Waals surface area contributed by atoms with E-state index in [-0.39, 0.29) is 5.91 Å². The molecule has 0 saturated heterocycles. The van der Waals surface area contributed by atoms with Crippen LogP contribution in [-0.4, -0.2) is 22.9 Å². The lowest BCUT2D eigenvalue weighted by Crippen LogP contribution is -2.26. The van der Waals surface area contributed by atoms with E-state index in [0.29, 0.717) is 23.5 Å². The Kier molecular flexibility index (Phi) is 5.20. The molecule has 0 aliphatic heterocycles. The van der Waals surface area contributed by atoms with Crippen LogP contribution >= 0.6 is 0 Å². The summed E-state index contributed by atoms with van der Waals surface area (Å²) in [6, 6.07) is 16.6. The summed E-state index contributed by atoms with van der Waals surface area (Å²) in [6.45, 7) is 0.536. The van der Waals surface area contributed by atoms with E-state index in [0.717, 1.165) is 11.3 Å². The highest BCUT2D eigenvalue weighted by Crippen LogP contribution is 2.18. The molecule has 0 radical (unpaired) electrons. The molecular formula is C20H17N5O. The van der Waals surface area contributed by atoms with Crippen LogP contribution in [0.25, 0.3) is 0 Å². The number of rotatable bonds is 5. The van der Waals surface area contributed by atoms with Gasteiger partial charge in [0.25, 0.3) is 5.91 Å². The first-order valence-electron chi connectivity index (χ1n) is 8.05. The van der Waals surface area contributed by atoms with Crippen LogP contribution < -0.4 is 10.2 Å². The summed E-state index contributed by atoms with van der Waals surface area (Å²) in [5, 5.41) is 12.2. The average Bonchev–Trinajstić information content (AvgIpc) is 2.72. The molecule has 0 fully saturated rings. The molecular weight excluding hydrogens is 326 g/mol. The van der Waals surface area contributed by atoms with Crippen molar-refractivity contribution in [2.45, 2.75) is 6.54 Å². The number of benzene rings is 1. The molecule has 0 aliphatic carbocycles. The summed E-state index contributed by atoms with van der Waals surface area (Å²) in [7, 11) is 1.74. The van der Waals surface area contributed by atoms with Gasteiger partial charge in [-0.1, -0.05) is 12.1 Å². The zero-order valence-corrected chi connectivity index (χ0v) is 14.3. The first-order valence-corrected chi connectivity index (χ1v) is 8.05. The van der Waals surface area contributed by atoms with Crippen molar-refractivity contribution < 1.29 is 4.79 Å². The Hall–Kier alpha value is -3.72. The van der Waals surface area contributed by atoms with Crippen molar-refractivity contribution in [3.63, 3.8) is 0 Å². The van der Waals surface area contributed by atoms with Crippen molar-refractivity contribution in [1.29, 1.82) is 5.26 Å². The molecule has 0 saturated carbocycles. The van der Waals surface area contributed by atoms with E-state index < -0.39 is 0 Å². The normalized spacial score (nSPS) is 10.0. The van der Waals surface area contributed by atoms with Gasteiger partial charge >= 0.3 is 0 Å². The van der Waals surface area contributed by atoms with Gasteiger partial charge in [0, 0.05) is 43.4 Å². The third kappa shape index (κ3) is 3.84. The Bertz CT molecular complexity index is 932. The van der Waals surface area contributed by atoms with E-state index in [2.05, 4.69) is 21.4 Å². The minimum atomic E-state index is -0.0922. The quantitative estimate of drug-likeness (QED) is 0.769. The maximum atomic E-state index is 12.5. The smallest absolute Gasteiger partial charge is 0.258 e. The molecule has 1 amide bonds. The Morgan fingerprint density at radius 2 is 1.85 bits per heavy atom. The van der Waals surface area contributed by atoms with Crippen molar-refractivity contribution in [2.75, 3.05) is 17.3 Å². The van der Waals surface area contributed by atoms with Crippen LogP contribution in [0.4, 0.5) is 11.5 Å². The molecule has 0 unspecified atom stereocenters. The number of hydrogen-bond donors (Lipinski definition) is 1. The van der Waals surface area contributed by atoms with Crippen molar-refractivity contribution in [3.05, 3.63) is 83.8 Å². The van der Waals surface area contributed by atoms with E-state index in [1.54, 1.807) is 54.8 Å². The number of hydrogen-bond acceptors (Lipinski definition) is 5. The molecule has 128 valence electrons. The number of carbonyl (C=O) groups is 1. The molecule has 0 spiro atoms. The van der Waals surface area contributed by atoms with Crippen LogP contribution in [0.1, 0.15) is 21.5 Å². The van der Waals surface area contributed by atoms with Gasteiger partial charge in [-0.3, -0.25) is 9.78 Å². The minimum Gasteiger partial charge on any atom is -0.365 e. The van der Waals surface area contributed by atoms with Gasteiger partial charge in [-0.05, 0) is 42.0 Å². The maximum Gasteiger partial charge on any atom is 0.258 e. The van der Waals surface area contributed by atoms with Crippen LogP contribution in [0.3, 0.4) is 0 Å². The highest BCUT2D eigenvalue weighted by Gasteiger charge is 2.13. The maximum absolute atomic E-state index is 12.5. The summed E-state index contributed by atoms with van der Waals surface area (Å²) in [5.74, 6) is 0.467. The number of nitrogens with one attached hydrogen (secondary N) is 1. The van der Waals surface area contributed by atoms with Gasteiger partial charge in [0.1, 0.15) is 11.9 Å². The van der Waals surface area contributed by atoms with Gasteiger partial charge in [0.15, 0.2) is 0 Å². The lowest BCUT2D eigenvalue weighted by molar-refractivity contribution is 0.0993. The fourth-order valence-electron chi connectivity index (χ4n) is 2.46. The van der Waals surface area contributed by atoms with E-state index in [1.807, 2.05) is 24.3 Å². The van der Waals surface area contributed by atoms with Crippen molar-refractivity contribution in [1.82, 2.24) is 9.97 Å². The van der Waals surface area contributed by atoms with Gasteiger partial charge in [-0.2, -0.15) is 5.26 Å². The molecule has 3 aromatic rings. The van der Waals surface area contributed by atoms with E-state index in [9.17, 15) is 4.79 Å². The molecule has 0 aliphatic rings. The topological polar surface area (TPSA) is 81.9 Å². The Labute approximate surface area is 151 Å². The molecule has 0 atom stereocenters. The predicted octanol–water partition coefficient (Wildman–Crippen LogP) is 3.24. The highest BCUT2D eigenvalue weighted by molar-refractivity contribution is 6.05. The van der Waals surface area contributed by atoms with E-state index in [4.69, 9.17) is 5.26 Å². The molecule has 0 bridgehead atoms. The summed E-state index contributed by atoms with van der Waals surface area (Å²) >= 11 is 0. The zero-order chi connectivity index (χ0) is 18.4. The number of nitriles is 1. The summed E-state index contributed by atoms with van der Waals surface area (Å²) < 4.78 is 0. The summed E-state index contributed by atoms with van der Waals surface area (Å²) in [5.41, 5.74) is 2.92. The predicted molar refractivity (Wildman–Crippen MR) is 99.7 cm³/mol. The van der Waals surface area contributed by atoms with Crippen molar-refractivity contribution >= 4 is 17.4 Å². The van der Waals surface area contributed by atoms with Crippen LogP contribution in [0.15, 0.2) is 67.1 Å². The SMILES string of the molecule is CN(C(=O)c1ccncc1)c1ccc(CNc2ncccc2C#N)cc1. The van der Waals surface area contributed by atoms with Gasteiger partial charge in [0.05, 0.1) is 5.56 Å². The zero-order valence-electron chi connectivity index (χ0n) is 14.3. The Morgan fingerprint density at radius 3 is 2.54 bits per heavy atom. The first-order chi connectivity index (χ1) is 12.7. The monoisotopic (exact) mass is 343 g/mol. The number of nitrogens with zero attached hydrogens (tertiary/aromatic N) is 4. The van der Waals surface area contributed by atoms with Crippen LogP contribution in [0.2, 0.25) is 0 Å². The van der Waals surface area contributed by atoms with Gasteiger partial charge in [-0.15, -0.1) is 0 Å². The lowest BCUT2D eigenvalue weighted by Gasteiger charge is -2.18. The van der Waals surface area contributed by atoms with E-state index in [1.165, 1.54) is 0 Å². The molecule has 2 heterocycles. The number of pyridine rings is 2. The van der Waals surface area contributed by atoms with Crippen molar-refractivity contribution in [3.8, 4) is 6.07 Å². The molecule has 6 nitrogen and oxygen atoms in total. The largest absolute Gasteiger partial charge is 0.365 e. The second-order valence-electron chi connectivity index (χ2n) is 5.63.